The van der Waals surface area contributed by atoms with E-state index < -0.39 is 0 Å². The van der Waals surface area contributed by atoms with Crippen molar-refractivity contribution in [1.29, 1.82) is 0 Å². The highest BCUT2D eigenvalue weighted by Gasteiger charge is 2.51. The van der Waals surface area contributed by atoms with Gasteiger partial charge in [0, 0.05) is 29.4 Å². The van der Waals surface area contributed by atoms with Crippen LogP contribution >= 0.6 is 0 Å². The highest BCUT2D eigenvalue weighted by Crippen LogP contribution is 2.52. The summed E-state index contributed by atoms with van der Waals surface area (Å²) in [5, 5.41) is 0. The molecule has 1 aromatic carbocycles. The van der Waals surface area contributed by atoms with E-state index in [1.54, 1.807) is 7.11 Å². The Morgan fingerprint density at radius 3 is 2.71 bits per heavy atom. The van der Waals surface area contributed by atoms with Crippen molar-refractivity contribution in [2.75, 3.05) is 13.7 Å². The quantitative estimate of drug-likeness (QED) is 0.746. The van der Waals surface area contributed by atoms with Crippen LogP contribution in [0, 0.1) is 17.8 Å². The predicted octanol–water partition coefficient (Wildman–Crippen LogP) is 5.11. The molecule has 0 unspecified atom stereocenters. The highest BCUT2D eigenvalue weighted by atomic mass is 16.5. The number of hydrogen-bond acceptors (Lipinski definition) is 3. The van der Waals surface area contributed by atoms with Gasteiger partial charge >= 0.3 is 0 Å². The molecule has 28 heavy (non-hydrogen) atoms. The molecular weight excluding hydrogens is 348 g/mol. The van der Waals surface area contributed by atoms with Gasteiger partial charge in [0.05, 0.1) is 7.11 Å². The van der Waals surface area contributed by atoms with Crippen molar-refractivity contribution < 1.29 is 9.53 Å². The van der Waals surface area contributed by atoms with E-state index in [1.807, 2.05) is 43.3 Å². The van der Waals surface area contributed by atoms with Crippen LogP contribution in [0.1, 0.15) is 56.1 Å². The molecule has 0 spiro atoms. The topological polar surface area (TPSA) is 42.4 Å². The second-order valence-electron chi connectivity index (χ2n) is 9.73. The second kappa shape index (κ2) is 6.61. The minimum atomic E-state index is 0.139. The molecule has 1 aliphatic carbocycles. The SMILES string of the molecule is COc1ccc(C)nc1-c1cccc(C(=O)N2C[C@]3(C)C[C@H]2CC(C)(C)C3)c1. The lowest BCUT2D eigenvalue weighted by molar-refractivity contribution is 0.0708. The molecule has 1 saturated heterocycles. The van der Waals surface area contributed by atoms with Crippen LogP contribution in [0.5, 0.6) is 5.75 Å². The maximum Gasteiger partial charge on any atom is 0.254 e. The van der Waals surface area contributed by atoms with E-state index in [4.69, 9.17) is 4.74 Å². The first kappa shape index (κ1) is 19.0. The van der Waals surface area contributed by atoms with Gasteiger partial charge in [-0.2, -0.15) is 0 Å². The molecule has 0 N–H and O–H groups in total. The number of aromatic nitrogens is 1. The molecule has 1 aliphatic heterocycles. The third kappa shape index (κ3) is 3.41. The summed E-state index contributed by atoms with van der Waals surface area (Å²) in [6.07, 6.45) is 3.39. The van der Waals surface area contributed by atoms with E-state index in [-0.39, 0.29) is 11.3 Å². The molecule has 4 rings (SSSR count). The Hall–Kier alpha value is -2.36. The van der Waals surface area contributed by atoms with Crippen LogP contribution in [0.4, 0.5) is 0 Å². The van der Waals surface area contributed by atoms with Crippen LogP contribution in [0.15, 0.2) is 36.4 Å². The summed E-state index contributed by atoms with van der Waals surface area (Å²) in [4.78, 5) is 20.2. The van der Waals surface area contributed by atoms with Gasteiger partial charge in [-0.1, -0.05) is 32.9 Å². The average molecular weight is 379 g/mol. The van der Waals surface area contributed by atoms with Crippen molar-refractivity contribution in [2.45, 2.75) is 53.0 Å². The highest BCUT2D eigenvalue weighted by molar-refractivity contribution is 5.96. The van der Waals surface area contributed by atoms with E-state index in [9.17, 15) is 4.79 Å². The Morgan fingerprint density at radius 1 is 1.18 bits per heavy atom. The number of fused-ring (bicyclic) bond motifs is 2. The molecule has 4 heteroatoms. The van der Waals surface area contributed by atoms with Crippen LogP contribution in [0.3, 0.4) is 0 Å². The lowest BCUT2D eigenvalue weighted by atomic mass is 9.65. The lowest BCUT2D eigenvalue weighted by Crippen LogP contribution is -2.37. The van der Waals surface area contributed by atoms with Crippen LogP contribution in [-0.4, -0.2) is 35.5 Å². The van der Waals surface area contributed by atoms with Gasteiger partial charge in [-0.15, -0.1) is 0 Å². The van der Waals surface area contributed by atoms with Gasteiger partial charge in [0.1, 0.15) is 11.4 Å². The van der Waals surface area contributed by atoms with Gasteiger partial charge in [-0.05, 0) is 61.3 Å². The van der Waals surface area contributed by atoms with Crippen molar-refractivity contribution in [2.24, 2.45) is 10.8 Å². The Bertz CT molecular complexity index is 921. The fourth-order valence-electron chi connectivity index (χ4n) is 5.58. The first-order valence-corrected chi connectivity index (χ1v) is 10.1. The zero-order valence-corrected chi connectivity index (χ0v) is 17.6. The molecule has 2 heterocycles. The number of ether oxygens (including phenoxy) is 1. The van der Waals surface area contributed by atoms with Gasteiger partial charge in [0.25, 0.3) is 5.91 Å². The van der Waals surface area contributed by atoms with Gasteiger partial charge in [0.2, 0.25) is 0 Å². The third-order valence-electron chi connectivity index (χ3n) is 6.28. The molecule has 4 nitrogen and oxygen atoms in total. The third-order valence-corrected chi connectivity index (χ3v) is 6.28. The van der Waals surface area contributed by atoms with E-state index >= 15 is 0 Å². The molecule has 1 aromatic heterocycles. The fourth-order valence-corrected chi connectivity index (χ4v) is 5.58. The summed E-state index contributed by atoms with van der Waals surface area (Å²) in [6.45, 7) is 9.83. The van der Waals surface area contributed by atoms with Crippen LogP contribution in [0.25, 0.3) is 11.3 Å². The summed E-state index contributed by atoms with van der Waals surface area (Å²) in [5.74, 6) is 0.862. The Morgan fingerprint density at radius 2 is 1.96 bits per heavy atom. The molecule has 2 fully saturated rings. The van der Waals surface area contributed by atoms with E-state index in [0.717, 1.165) is 47.7 Å². The van der Waals surface area contributed by atoms with Gasteiger partial charge < -0.3 is 9.64 Å². The number of likely N-dealkylation sites (tertiary alicyclic amines) is 1. The number of nitrogens with zero attached hydrogens (tertiary/aromatic N) is 2. The fraction of sp³-hybridized carbons (Fsp3) is 0.500. The zero-order valence-electron chi connectivity index (χ0n) is 17.6. The smallest absolute Gasteiger partial charge is 0.254 e. The maximum atomic E-state index is 13.4. The zero-order chi connectivity index (χ0) is 20.1. The number of rotatable bonds is 3. The van der Waals surface area contributed by atoms with Crippen molar-refractivity contribution in [3.63, 3.8) is 0 Å². The number of carbonyl (C=O) groups excluding carboxylic acids is 1. The first-order valence-electron chi connectivity index (χ1n) is 10.1. The average Bonchev–Trinajstić information content (AvgIpc) is 2.90. The predicted molar refractivity (Wildman–Crippen MR) is 112 cm³/mol. The molecule has 0 radical (unpaired) electrons. The van der Waals surface area contributed by atoms with Crippen molar-refractivity contribution in [3.05, 3.63) is 47.7 Å². The molecular formula is C24H30N2O2. The lowest BCUT2D eigenvalue weighted by Gasteiger charge is -2.39. The Kier molecular flexibility index (Phi) is 4.48. The first-order chi connectivity index (χ1) is 13.2. The number of aryl methyl sites for hydroxylation is 1. The number of pyridine rings is 1. The van der Waals surface area contributed by atoms with Crippen LogP contribution in [-0.2, 0) is 0 Å². The molecule has 2 bridgehead atoms. The monoisotopic (exact) mass is 378 g/mol. The van der Waals surface area contributed by atoms with E-state index in [2.05, 4.69) is 30.7 Å². The Balaban J connectivity index is 1.66. The number of methoxy groups -OCH3 is 1. The van der Waals surface area contributed by atoms with Gasteiger partial charge in [0.15, 0.2) is 0 Å². The molecule has 148 valence electrons. The summed E-state index contributed by atoms with van der Waals surface area (Å²) < 4.78 is 5.49. The minimum absolute atomic E-state index is 0.139. The Labute approximate surface area is 167 Å². The van der Waals surface area contributed by atoms with Crippen LogP contribution in [0.2, 0.25) is 0 Å². The van der Waals surface area contributed by atoms with Crippen LogP contribution < -0.4 is 4.74 Å². The summed E-state index contributed by atoms with van der Waals surface area (Å²) >= 11 is 0. The number of benzene rings is 1. The molecule has 2 aromatic rings. The second-order valence-corrected chi connectivity index (χ2v) is 9.73. The maximum absolute atomic E-state index is 13.4. The summed E-state index contributed by atoms with van der Waals surface area (Å²) in [6, 6.07) is 12.0. The molecule has 2 aliphatic rings. The normalized spacial score (nSPS) is 25.6. The van der Waals surface area contributed by atoms with Crippen molar-refractivity contribution in [1.82, 2.24) is 9.88 Å². The summed E-state index contributed by atoms with van der Waals surface area (Å²) in [5.41, 5.74) is 3.90. The van der Waals surface area contributed by atoms with Crippen molar-refractivity contribution >= 4 is 5.91 Å². The van der Waals surface area contributed by atoms with E-state index in [0.29, 0.717) is 11.5 Å². The van der Waals surface area contributed by atoms with Gasteiger partial charge in [-0.25, -0.2) is 4.98 Å². The number of amides is 1. The molecule has 1 amide bonds. The van der Waals surface area contributed by atoms with Gasteiger partial charge in [-0.3, -0.25) is 4.79 Å². The van der Waals surface area contributed by atoms with Crippen molar-refractivity contribution in [3.8, 4) is 17.0 Å². The minimum Gasteiger partial charge on any atom is -0.494 e. The largest absolute Gasteiger partial charge is 0.494 e. The number of hydrogen-bond donors (Lipinski definition) is 0. The number of carbonyl (C=O) groups is 1. The standard InChI is InChI=1S/C24H30N2O2/c1-16-9-10-20(28-5)21(25-16)17-7-6-8-18(11-17)22(27)26-15-24(4)13-19(26)12-23(2,3)14-24/h6-11,19H,12-15H2,1-5H3/t19-,24-/m1/s1. The molecule has 2 atom stereocenters. The summed E-state index contributed by atoms with van der Waals surface area (Å²) in [7, 11) is 1.65. The molecule has 1 saturated carbocycles. The van der Waals surface area contributed by atoms with E-state index in [1.165, 1.54) is 6.42 Å².